The van der Waals surface area contributed by atoms with Crippen LogP contribution in [0.1, 0.15) is 46.4 Å². The Morgan fingerprint density at radius 1 is 1.21 bits per heavy atom. The van der Waals surface area contributed by atoms with Crippen LogP contribution in [0.2, 0.25) is 0 Å². The third kappa shape index (κ3) is 1.86. The number of hydrogen-bond acceptors (Lipinski definition) is 4. The van der Waals surface area contributed by atoms with Crippen molar-refractivity contribution in [3.05, 3.63) is 5.82 Å². The molecule has 2 N–H and O–H groups in total. The Hall–Kier alpha value is -1.10. The molecule has 2 fully saturated rings. The van der Waals surface area contributed by atoms with Gasteiger partial charge in [0.2, 0.25) is 5.95 Å². The van der Waals surface area contributed by atoms with Gasteiger partial charge in [0.05, 0.1) is 0 Å². The Kier molecular flexibility index (Phi) is 2.68. The lowest BCUT2D eigenvalue weighted by Gasteiger charge is -2.30. The molecule has 2 heterocycles. The molecule has 1 aromatic rings. The van der Waals surface area contributed by atoms with Crippen molar-refractivity contribution < 1.29 is 0 Å². The molecule has 0 aromatic carbocycles. The lowest BCUT2D eigenvalue weighted by Crippen LogP contribution is -2.49. The molecule has 2 aliphatic rings. The van der Waals surface area contributed by atoms with Crippen molar-refractivity contribution >= 4 is 5.95 Å². The molecule has 5 nitrogen and oxygen atoms in total. The normalized spacial score (nSPS) is 29.5. The van der Waals surface area contributed by atoms with Crippen LogP contribution in [0.25, 0.3) is 0 Å². The van der Waals surface area contributed by atoms with Gasteiger partial charge < -0.3 is 10.2 Å². The summed E-state index contributed by atoms with van der Waals surface area (Å²) in [5.41, 5.74) is 0.612. The SMILES string of the molecule is CC1CN(c2n[nH]c(C3C(C)(C)C3(C)C)n2)CCN1. The van der Waals surface area contributed by atoms with E-state index in [9.17, 15) is 0 Å². The molecule has 106 valence electrons. The van der Waals surface area contributed by atoms with Gasteiger partial charge in [0.25, 0.3) is 0 Å². The zero-order valence-corrected chi connectivity index (χ0v) is 12.6. The summed E-state index contributed by atoms with van der Waals surface area (Å²) in [5, 5.41) is 11.0. The van der Waals surface area contributed by atoms with E-state index in [2.05, 4.69) is 55.0 Å². The first-order chi connectivity index (χ1) is 8.84. The summed E-state index contributed by atoms with van der Waals surface area (Å²) in [7, 11) is 0. The molecule has 1 unspecified atom stereocenters. The maximum Gasteiger partial charge on any atom is 0.244 e. The number of rotatable bonds is 2. The van der Waals surface area contributed by atoms with Crippen LogP contribution in [0.15, 0.2) is 0 Å². The predicted molar refractivity (Wildman–Crippen MR) is 76.4 cm³/mol. The molecular formula is C14H25N5. The van der Waals surface area contributed by atoms with E-state index in [0.29, 0.717) is 22.8 Å². The minimum absolute atomic E-state index is 0.306. The first-order valence-corrected chi connectivity index (χ1v) is 7.24. The van der Waals surface area contributed by atoms with E-state index in [1.54, 1.807) is 0 Å². The monoisotopic (exact) mass is 263 g/mol. The first-order valence-electron chi connectivity index (χ1n) is 7.24. The van der Waals surface area contributed by atoms with Crippen LogP contribution >= 0.6 is 0 Å². The standard InChI is InChI=1S/C14H25N5/c1-9-8-19(7-6-15-9)12-16-11(17-18-12)10-13(2,3)14(10,4)5/h9-10,15H,6-8H2,1-5H3,(H,16,17,18). The number of H-pyrrole nitrogens is 1. The molecular weight excluding hydrogens is 238 g/mol. The first kappa shape index (κ1) is 12.9. The number of anilines is 1. The summed E-state index contributed by atoms with van der Waals surface area (Å²) >= 11 is 0. The average molecular weight is 263 g/mol. The molecule has 0 bridgehead atoms. The fourth-order valence-corrected chi connectivity index (χ4v) is 3.53. The highest BCUT2D eigenvalue weighted by Gasteiger charge is 2.66. The Balaban J connectivity index is 1.78. The van der Waals surface area contributed by atoms with Gasteiger partial charge in [-0.2, -0.15) is 4.98 Å². The maximum absolute atomic E-state index is 4.75. The lowest BCUT2D eigenvalue weighted by molar-refractivity contribution is 0.457. The largest absolute Gasteiger partial charge is 0.337 e. The quantitative estimate of drug-likeness (QED) is 0.853. The fourth-order valence-electron chi connectivity index (χ4n) is 3.53. The molecule has 1 saturated heterocycles. The van der Waals surface area contributed by atoms with Crippen molar-refractivity contribution in [1.82, 2.24) is 20.5 Å². The van der Waals surface area contributed by atoms with Crippen molar-refractivity contribution in [3.63, 3.8) is 0 Å². The Morgan fingerprint density at radius 3 is 2.47 bits per heavy atom. The molecule has 1 aliphatic heterocycles. The van der Waals surface area contributed by atoms with E-state index >= 15 is 0 Å². The van der Waals surface area contributed by atoms with E-state index in [0.717, 1.165) is 31.4 Å². The second-order valence-electron chi connectivity index (χ2n) is 7.20. The van der Waals surface area contributed by atoms with Gasteiger partial charge in [-0.25, -0.2) is 0 Å². The summed E-state index contributed by atoms with van der Waals surface area (Å²) in [6, 6.07) is 0.504. The summed E-state index contributed by atoms with van der Waals surface area (Å²) in [6.07, 6.45) is 0. The molecule has 1 aromatic heterocycles. The molecule has 5 heteroatoms. The van der Waals surface area contributed by atoms with Gasteiger partial charge in [0.1, 0.15) is 5.82 Å². The van der Waals surface area contributed by atoms with Gasteiger partial charge in [0.15, 0.2) is 0 Å². The van der Waals surface area contributed by atoms with Gasteiger partial charge in [-0.3, -0.25) is 5.10 Å². The molecule has 3 rings (SSSR count). The second kappa shape index (κ2) is 3.95. The van der Waals surface area contributed by atoms with Crippen molar-refractivity contribution in [2.45, 2.75) is 46.6 Å². The van der Waals surface area contributed by atoms with E-state index in [4.69, 9.17) is 4.98 Å². The fraction of sp³-hybridized carbons (Fsp3) is 0.857. The lowest BCUT2D eigenvalue weighted by atomic mass is 10.0. The smallest absolute Gasteiger partial charge is 0.244 e. The van der Waals surface area contributed by atoms with Gasteiger partial charge in [-0.05, 0) is 17.8 Å². The van der Waals surface area contributed by atoms with Gasteiger partial charge in [-0.15, -0.1) is 5.10 Å². The Bertz CT molecular complexity index is 462. The van der Waals surface area contributed by atoms with Crippen LogP contribution in [-0.2, 0) is 0 Å². The topological polar surface area (TPSA) is 56.8 Å². The van der Waals surface area contributed by atoms with E-state index < -0.39 is 0 Å². The molecule has 1 saturated carbocycles. The minimum atomic E-state index is 0.306. The van der Waals surface area contributed by atoms with E-state index in [-0.39, 0.29) is 0 Å². The third-order valence-electron chi connectivity index (χ3n) is 5.44. The second-order valence-corrected chi connectivity index (χ2v) is 7.20. The van der Waals surface area contributed by atoms with Gasteiger partial charge >= 0.3 is 0 Å². The highest BCUT2D eigenvalue weighted by molar-refractivity contribution is 5.34. The van der Waals surface area contributed by atoms with Crippen molar-refractivity contribution in [3.8, 4) is 0 Å². The van der Waals surface area contributed by atoms with Crippen LogP contribution in [0.3, 0.4) is 0 Å². The molecule has 0 amide bonds. The number of nitrogens with zero attached hydrogens (tertiary/aromatic N) is 3. The highest BCUT2D eigenvalue weighted by Crippen LogP contribution is 2.72. The van der Waals surface area contributed by atoms with Gasteiger partial charge in [0, 0.05) is 31.6 Å². The van der Waals surface area contributed by atoms with Crippen molar-refractivity contribution in [1.29, 1.82) is 0 Å². The molecule has 1 aliphatic carbocycles. The third-order valence-corrected chi connectivity index (χ3v) is 5.44. The van der Waals surface area contributed by atoms with Crippen LogP contribution in [0.4, 0.5) is 5.95 Å². The summed E-state index contributed by atoms with van der Waals surface area (Å²) in [4.78, 5) is 7.02. The number of piperazine rings is 1. The van der Waals surface area contributed by atoms with Gasteiger partial charge in [-0.1, -0.05) is 27.7 Å². The zero-order valence-electron chi connectivity index (χ0n) is 12.6. The molecule has 1 atom stereocenters. The predicted octanol–water partition coefficient (Wildman–Crippen LogP) is 1.75. The molecule has 0 spiro atoms. The highest BCUT2D eigenvalue weighted by atomic mass is 15.4. The summed E-state index contributed by atoms with van der Waals surface area (Å²) < 4.78 is 0. The van der Waals surface area contributed by atoms with E-state index in [1.165, 1.54) is 0 Å². The van der Waals surface area contributed by atoms with Crippen molar-refractivity contribution in [2.75, 3.05) is 24.5 Å². The Labute approximate surface area is 115 Å². The zero-order chi connectivity index (χ0) is 13.8. The number of aromatic amines is 1. The van der Waals surface area contributed by atoms with Crippen LogP contribution < -0.4 is 10.2 Å². The summed E-state index contributed by atoms with van der Waals surface area (Å²) in [6.45, 7) is 14.4. The number of aromatic nitrogens is 3. The Morgan fingerprint density at radius 2 is 1.89 bits per heavy atom. The number of nitrogens with one attached hydrogen (secondary N) is 2. The van der Waals surface area contributed by atoms with Crippen LogP contribution in [-0.4, -0.2) is 40.9 Å². The number of hydrogen-bond donors (Lipinski definition) is 2. The van der Waals surface area contributed by atoms with Crippen LogP contribution in [0.5, 0.6) is 0 Å². The minimum Gasteiger partial charge on any atom is -0.337 e. The van der Waals surface area contributed by atoms with Crippen LogP contribution in [0, 0.1) is 10.8 Å². The average Bonchev–Trinajstić information content (AvgIpc) is 2.70. The molecule has 0 radical (unpaired) electrons. The maximum atomic E-state index is 4.75. The van der Waals surface area contributed by atoms with E-state index in [1.807, 2.05) is 0 Å². The van der Waals surface area contributed by atoms with Crippen molar-refractivity contribution in [2.24, 2.45) is 10.8 Å². The summed E-state index contributed by atoms with van der Waals surface area (Å²) in [5.74, 6) is 2.40. The molecule has 19 heavy (non-hydrogen) atoms.